The molecule has 0 amide bonds. The van der Waals surface area contributed by atoms with Crippen molar-refractivity contribution in [2.75, 3.05) is 24.5 Å². The Bertz CT molecular complexity index is 481. The van der Waals surface area contributed by atoms with Gasteiger partial charge in [0, 0.05) is 29.6 Å². The number of rotatable bonds is 2. The van der Waals surface area contributed by atoms with E-state index in [1.165, 1.54) is 25.0 Å². The molecule has 2 aliphatic rings. The van der Waals surface area contributed by atoms with Crippen molar-refractivity contribution in [2.45, 2.75) is 25.3 Å². The maximum absolute atomic E-state index is 14.0. The normalized spacial score (nSPS) is 27.7. The SMILES string of the molecule is CC1(C2CC2)CN(c2c(F)cc(Br)cc2F)CCN1. The van der Waals surface area contributed by atoms with Crippen LogP contribution < -0.4 is 10.2 Å². The molecule has 3 rings (SSSR count). The highest BCUT2D eigenvalue weighted by Gasteiger charge is 2.44. The Morgan fingerprint density at radius 1 is 1.32 bits per heavy atom. The van der Waals surface area contributed by atoms with Gasteiger partial charge in [0.05, 0.1) is 0 Å². The minimum absolute atomic E-state index is 0.0236. The quantitative estimate of drug-likeness (QED) is 0.895. The van der Waals surface area contributed by atoms with Crippen molar-refractivity contribution in [2.24, 2.45) is 5.92 Å². The van der Waals surface area contributed by atoms with Gasteiger partial charge in [-0.2, -0.15) is 0 Å². The molecule has 1 aromatic carbocycles. The summed E-state index contributed by atoms with van der Waals surface area (Å²) in [6.45, 7) is 4.22. The van der Waals surface area contributed by atoms with E-state index in [-0.39, 0.29) is 11.2 Å². The lowest BCUT2D eigenvalue weighted by Crippen LogP contribution is -2.60. The van der Waals surface area contributed by atoms with Gasteiger partial charge in [-0.05, 0) is 37.8 Å². The summed E-state index contributed by atoms with van der Waals surface area (Å²) in [6.07, 6.45) is 2.42. The summed E-state index contributed by atoms with van der Waals surface area (Å²) in [5.41, 5.74) is 0.0843. The molecule has 19 heavy (non-hydrogen) atoms. The Balaban J connectivity index is 1.89. The Labute approximate surface area is 120 Å². The van der Waals surface area contributed by atoms with Crippen LogP contribution in [0, 0.1) is 17.6 Å². The van der Waals surface area contributed by atoms with Crippen molar-refractivity contribution < 1.29 is 8.78 Å². The summed E-state index contributed by atoms with van der Waals surface area (Å²) in [6, 6.07) is 2.66. The fourth-order valence-corrected chi connectivity index (χ4v) is 3.43. The zero-order chi connectivity index (χ0) is 13.6. The fourth-order valence-electron chi connectivity index (χ4n) is 3.03. The lowest BCUT2D eigenvalue weighted by atomic mass is 9.92. The third-order valence-corrected chi connectivity index (χ3v) is 4.66. The summed E-state index contributed by atoms with van der Waals surface area (Å²) in [7, 11) is 0. The van der Waals surface area contributed by atoms with Gasteiger partial charge >= 0.3 is 0 Å². The van der Waals surface area contributed by atoms with Crippen LogP contribution in [0.5, 0.6) is 0 Å². The highest BCUT2D eigenvalue weighted by Crippen LogP contribution is 2.42. The molecule has 1 atom stereocenters. The van der Waals surface area contributed by atoms with Gasteiger partial charge < -0.3 is 10.2 Å². The highest BCUT2D eigenvalue weighted by molar-refractivity contribution is 9.10. The van der Waals surface area contributed by atoms with E-state index in [4.69, 9.17) is 0 Å². The van der Waals surface area contributed by atoms with E-state index >= 15 is 0 Å². The predicted molar refractivity (Wildman–Crippen MR) is 75.4 cm³/mol. The molecule has 1 aromatic rings. The van der Waals surface area contributed by atoms with Crippen molar-refractivity contribution >= 4 is 21.6 Å². The van der Waals surface area contributed by atoms with E-state index < -0.39 is 11.6 Å². The number of nitrogens with zero attached hydrogens (tertiary/aromatic N) is 1. The molecule has 5 heteroatoms. The predicted octanol–water partition coefficient (Wildman–Crippen LogP) is 3.31. The van der Waals surface area contributed by atoms with E-state index in [1.54, 1.807) is 0 Å². The maximum Gasteiger partial charge on any atom is 0.150 e. The second-order valence-electron chi connectivity index (χ2n) is 5.76. The molecular formula is C14H17BrF2N2. The summed E-state index contributed by atoms with van der Waals surface area (Å²) >= 11 is 3.12. The van der Waals surface area contributed by atoms with Crippen molar-refractivity contribution in [1.82, 2.24) is 5.32 Å². The zero-order valence-electron chi connectivity index (χ0n) is 10.8. The summed E-state index contributed by atoms with van der Waals surface area (Å²) in [5, 5.41) is 3.51. The van der Waals surface area contributed by atoms with Gasteiger partial charge in [-0.1, -0.05) is 15.9 Å². The topological polar surface area (TPSA) is 15.3 Å². The van der Waals surface area contributed by atoms with Gasteiger partial charge in [-0.15, -0.1) is 0 Å². The van der Waals surface area contributed by atoms with Crippen LogP contribution in [0.3, 0.4) is 0 Å². The fraction of sp³-hybridized carbons (Fsp3) is 0.571. The molecule has 1 aliphatic carbocycles. The van der Waals surface area contributed by atoms with E-state index in [2.05, 4.69) is 28.2 Å². The van der Waals surface area contributed by atoms with Gasteiger partial charge in [0.1, 0.15) is 5.69 Å². The van der Waals surface area contributed by atoms with Crippen LogP contribution in [-0.2, 0) is 0 Å². The number of piperazine rings is 1. The molecule has 0 aromatic heterocycles. The summed E-state index contributed by atoms with van der Waals surface area (Å²) in [4.78, 5) is 1.84. The number of hydrogen-bond donors (Lipinski definition) is 1. The number of halogens is 3. The average molecular weight is 331 g/mol. The molecule has 1 heterocycles. The molecule has 104 valence electrons. The zero-order valence-corrected chi connectivity index (χ0v) is 12.4. The van der Waals surface area contributed by atoms with Gasteiger partial charge in [-0.25, -0.2) is 8.78 Å². The standard InChI is InChI=1S/C14H17BrF2N2/c1-14(9-2-3-9)8-19(5-4-18-14)13-11(16)6-10(15)7-12(13)17/h6-7,9,18H,2-5,8H2,1H3. The van der Waals surface area contributed by atoms with Gasteiger partial charge in [0.2, 0.25) is 0 Å². The first-order chi connectivity index (χ1) is 8.99. The van der Waals surface area contributed by atoms with Gasteiger partial charge in [0.25, 0.3) is 0 Å². The summed E-state index contributed by atoms with van der Waals surface area (Å²) < 4.78 is 28.5. The third-order valence-electron chi connectivity index (χ3n) is 4.21. The molecule has 1 N–H and O–H groups in total. The minimum atomic E-state index is -0.494. The number of benzene rings is 1. The summed E-state index contributed by atoms with van der Waals surface area (Å²) in [5.74, 6) is -0.351. The Kier molecular flexibility index (Phi) is 3.29. The molecular weight excluding hydrogens is 314 g/mol. The van der Waals surface area contributed by atoms with Crippen LogP contribution in [0.4, 0.5) is 14.5 Å². The second kappa shape index (κ2) is 4.70. The number of nitrogens with one attached hydrogen (secondary N) is 1. The minimum Gasteiger partial charge on any atom is -0.364 e. The molecule has 2 fully saturated rings. The molecule has 2 nitrogen and oxygen atoms in total. The van der Waals surface area contributed by atoms with Gasteiger partial charge in [0.15, 0.2) is 11.6 Å². The molecule has 0 radical (unpaired) electrons. The first-order valence-corrected chi connectivity index (χ1v) is 7.43. The smallest absolute Gasteiger partial charge is 0.150 e. The first kappa shape index (κ1) is 13.3. The van der Waals surface area contributed by atoms with E-state index in [0.29, 0.717) is 23.5 Å². The van der Waals surface area contributed by atoms with Crippen LogP contribution in [0.2, 0.25) is 0 Å². The molecule has 1 unspecified atom stereocenters. The molecule has 1 aliphatic heterocycles. The van der Waals surface area contributed by atoms with Crippen molar-refractivity contribution in [1.29, 1.82) is 0 Å². The molecule has 0 spiro atoms. The van der Waals surface area contributed by atoms with Crippen LogP contribution in [-0.4, -0.2) is 25.2 Å². The maximum atomic E-state index is 14.0. The average Bonchev–Trinajstić information content (AvgIpc) is 3.11. The molecule has 1 saturated heterocycles. The lowest BCUT2D eigenvalue weighted by Gasteiger charge is -2.43. The third kappa shape index (κ3) is 2.50. The van der Waals surface area contributed by atoms with E-state index in [9.17, 15) is 8.78 Å². The largest absolute Gasteiger partial charge is 0.364 e. The van der Waals surface area contributed by atoms with Crippen molar-refractivity contribution in [3.05, 3.63) is 28.2 Å². The Hall–Kier alpha value is -0.680. The van der Waals surface area contributed by atoms with Crippen LogP contribution in [0.1, 0.15) is 19.8 Å². The highest BCUT2D eigenvalue weighted by atomic mass is 79.9. The van der Waals surface area contributed by atoms with Crippen LogP contribution in [0.25, 0.3) is 0 Å². The lowest BCUT2D eigenvalue weighted by molar-refractivity contribution is 0.283. The Morgan fingerprint density at radius 2 is 1.95 bits per heavy atom. The molecule has 1 saturated carbocycles. The van der Waals surface area contributed by atoms with Crippen molar-refractivity contribution in [3.8, 4) is 0 Å². The number of hydrogen-bond acceptors (Lipinski definition) is 2. The monoisotopic (exact) mass is 330 g/mol. The Morgan fingerprint density at radius 3 is 2.53 bits per heavy atom. The number of anilines is 1. The van der Waals surface area contributed by atoms with E-state index in [0.717, 1.165) is 6.54 Å². The molecule has 0 bridgehead atoms. The first-order valence-electron chi connectivity index (χ1n) is 6.64. The van der Waals surface area contributed by atoms with Crippen molar-refractivity contribution in [3.63, 3.8) is 0 Å². The second-order valence-corrected chi connectivity index (χ2v) is 6.67. The van der Waals surface area contributed by atoms with Crippen LogP contribution in [0.15, 0.2) is 16.6 Å². The van der Waals surface area contributed by atoms with E-state index in [1.807, 2.05) is 4.90 Å². The van der Waals surface area contributed by atoms with Crippen LogP contribution >= 0.6 is 15.9 Å². The van der Waals surface area contributed by atoms with Gasteiger partial charge in [-0.3, -0.25) is 0 Å².